The molecule has 1 unspecified atom stereocenters. The number of likely N-dealkylation sites (N-methyl/N-ethyl adjacent to an activating group) is 2. The summed E-state index contributed by atoms with van der Waals surface area (Å²) >= 11 is 0. The third-order valence-electron chi connectivity index (χ3n) is 5.05. The van der Waals surface area contributed by atoms with E-state index in [1.165, 1.54) is 17.7 Å². The normalized spacial score (nSPS) is 21.2. The Kier molecular flexibility index (Phi) is 3.00. The second kappa shape index (κ2) is 4.88. The monoisotopic (exact) mass is 278 g/mol. The van der Waals surface area contributed by atoms with Crippen LogP contribution in [0.4, 0.5) is 5.69 Å². The predicted molar refractivity (Wildman–Crippen MR) is 88.0 cm³/mol. The molecule has 0 saturated heterocycles. The summed E-state index contributed by atoms with van der Waals surface area (Å²) in [6, 6.07) is 15.7. The van der Waals surface area contributed by atoms with Crippen molar-refractivity contribution in [3.05, 3.63) is 64.7 Å². The second-order valence-corrected chi connectivity index (χ2v) is 6.46. The molecule has 108 valence electrons. The van der Waals surface area contributed by atoms with Crippen LogP contribution in [0.2, 0.25) is 0 Å². The molecule has 2 heteroatoms. The summed E-state index contributed by atoms with van der Waals surface area (Å²) in [6.45, 7) is 3.37. The standard InChI is InChI=1S/C19H22N2/c1-20-12-17(14-6-4-3-5-7-14)15-8-9-19-16(18(15)13-20)10-11-21(19)2/h3-9,17H,10-13H2,1-2H3. The lowest BCUT2D eigenvalue weighted by molar-refractivity contribution is 0.294. The Labute approximate surface area is 127 Å². The average Bonchev–Trinajstić information content (AvgIpc) is 2.89. The molecule has 0 bridgehead atoms. The zero-order valence-corrected chi connectivity index (χ0v) is 12.8. The van der Waals surface area contributed by atoms with Gasteiger partial charge in [-0.1, -0.05) is 36.4 Å². The highest BCUT2D eigenvalue weighted by Crippen LogP contribution is 2.40. The van der Waals surface area contributed by atoms with Crippen LogP contribution in [0.1, 0.15) is 28.2 Å². The number of fused-ring (bicyclic) bond motifs is 3. The molecule has 0 aromatic heterocycles. The number of hydrogen-bond donors (Lipinski definition) is 0. The highest BCUT2D eigenvalue weighted by atomic mass is 15.1. The highest BCUT2D eigenvalue weighted by Gasteiger charge is 2.29. The summed E-state index contributed by atoms with van der Waals surface area (Å²) in [5.74, 6) is 0.510. The van der Waals surface area contributed by atoms with Crippen LogP contribution in [0.15, 0.2) is 42.5 Å². The van der Waals surface area contributed by atoms with Gasteiger partial charge in [-0.15, -0.1) is 0 Å². The van der Waals surface area contributed by atoms with Gasteiger partial charge in [-0.2, -0.15) is 0 Å². The first kappa shape index (κ1) is 12.9. The van der Waals surface area contributed by atoms with Gasteiger partial charge in [-0.25, -0.2) is 0 Å². The van der Waals surface area contributed by atoms with Gasteiger partial charge >= 0.3 is 0 Å². The lowest BCUT2D eigenvalue weighted by Gasteiger charge is -2.34. The smallest absolute Gasteiger partial charge is 0.0400 e. The number of nitrogens with zero attached hydrogens (tertiary/aromatic N) is 2. The Morgan fingerprint density at radius 2 is 1.76 bits per heavy atom. The number of anilines is 1. The summed E-state index contributed by atoms with van der Waals surface area (Å²) in [4.78, 5) is 4.86. The summed E-state index contributed by atoms with van der Waals surface area (Å²) in [5, 5.41) is 0. The van der Waals surface area contributed by atoms with Gasteiger partial charge in [-0.3, -0.25) is 0 Å². The fourth-order valence-electron chi connectivity index (χ4n) is 3.96. The van der Waals surface area contributed by atoms with Crippen molar-refractivity contribution in [1.82, 2.24) is 4.90 Å². The van der Waals surface area contributed by atoms with Gasteiger partial charge < -0.3 is 9.80 Å². The molecular weight excluding hydrogens is 256 g/mol. The number of benzene rings is 2. The maximum absolute atomic E-state index is 2.47. The van der Waals surface area contributed by atoms with Gasteiger partial charge in [0.1, 0.15) is 0 Å². The van der Waals surface area contributed by atoms with Crippen molar-refractivity contribution in [2.45, 2.75) is 18.9 Å². The third-order valence-corrected chi connectivity index (χ3v) is 5.05. The van der Waals surface area contributed by atoms with Gasteiger partial charge in [0.2, 0.25) is 0 Å². The molecule has 1 atom stereocenters. The van der Waals surface area contributed by atoms with Crippen LogP contribution >= 0.6 is 0 Å². The van der Waals surface area contributed by atoms with E-state index < -0.39 is 0 Å². The van der Waals surface area contributed by atoms with Crippen molar-refractivity contribution in [2.75, 3.05) is 32.1 Å². The van der Waals surface area contributed by atoms with Crippen LogP contribution in [0.3, 0.4) is 0 Å². The van der Waals surface area contributed by atoms with E-state index >= 15 is 0 Å². The van der Waals surface area contributed by atoms with Crippen LogP contribution in [0.25, 0.3) is 0 Å². The van der Waals surface area contributed by atoms with Crippen molar-refractivity contribution in [2.24, 2.45) is 0 Å². The summed E-state index contributed by atoms with van der Waals surface area (Å²) < 4.78 is 0. The largest absolute Gasteiger partial charge is 0.374 e. The first-order valence-corrected chi connectivity index (χ1v) is 7.83. The van der Waals surface area contributed by atoms with E-state index in [9.17, 15) is 0 Å². The molecule has 2 aromatic carbocycles. The van der Waals surface area contributed by atoms with E-state index in [1.807, 2.05) is 0 Å². The molecule has 0 saturated carbocycles. The fraction of sp³-hybridized carbons (Fsp3) is 0.368. The van der Waals surface area contributed by atoms with Crippen molar-refractivity contribution in [1.29, 1.82) is 0 Å². The molecule has 2 heterocycles. The number of rotatable bonds is 1. The van der Waals surface area contributed by atoms with Crippen molar-refractivity contribution in [3.63, 3.8) is 0 Å². The third kappa shape index (κ3) is 2.06. The Bertz CT molecular complexity index is 663. The first-order chi connectivity index (χ1) is 10.2. The van der Waals surface area contributed by atoms with Gasteiger partial charge in [-0.05, 0) is 41.8 Å². The van der Waals surface area contributed by atoms with Gasteiger partial charge in [0.05, 0.1) is 0 Å². The molecule has 0 spiro atoms. The van der Waals surface area contributed by atoms with Crippen LogP contribution in [-0.4, -0.2) is 32.1 Å². The van der Waals surface area contributed by atoms with Crippen molar-refractivity contribution >= 4 is 5.69 Å². The minimum absolute atomic E-state index is 0.510. The van der Waals surface area contributed by atoms with Crippen molar-refractivity contribution < 1.29 is 0 Å². The molecule has 21 heavy (non-hydrogen) atoms. The molecule has 2 aromatic rings. The van der Waals surface area contributed by atoms with E-state index in [1.54, 1.807) is 16.7 Å². The molecule has 0 aliphatic carbocycles. The quantitative estimate of drug-likeness (QED) is 0.790. The first-order valence-electron chi connectivity index (χ1n) is 7.83. The molecule has 0 N–H and O–H groups in total. The molecular formula is C19H22N2. The summed E-state index contributed by atoms with van der Waals surface area (Å²) in [5.41, 5.74) is 7.60. The Morgan fingerprint density at radius 3 is 2.57 bits per heavy atom. The zero-order valence-electron chi connectivity index (χ0n) is 12.8. The molecule has 4 rings (SSSR count). The predicted octanol–water partition coefficient (Wildman–Crippen LogP) is 3.26. The van der Waals surface area contributed by atoms with Gasteiger partial charge in [0, 0.05) is 38.3 Å². The van der Waals surface area contributed by atoms with E-state index in [-0.39, 0.29) is 0 Å². The van der Waals surface area contributed by atoms with Crippen molar-refractivity contribution in [3.8, 4) is 0 Å². The van der Waals surface area contributed by atoms with E-state index in [0.29, 0.717) is 5.92 Å². The van der Waals surface area contributed by atoms with Crippen LogP contribution < -0.4 is 4.90 Å². The second-order valence-electron chi connectivity index (χ2n) is 6.46. The van der Waals surface area contributed by atoms with E-state index in [0.717, 1.165) is 19.6 Å². The minimum atomic E-state index is 0.510. The SMILES string of the molecule is CN1Cc2c(ccc3c2CCN3C)C(c2ccccc2)C1. The Balaban J connectivity index is 1.85. The van der Waals surface area contributed by atoms with Crippen LogP contribution in [0.5, 0.6) is 0 Å². The highest BCUT2D eigenvalue weighted by molar-refractivity contribution is 5.63. The molecule has 0 amide bonds. The van der Waals surface area contributed by atoms with E-state index in [4.69, 9.17) is 0 Å². The fourth-order valence-corrected chi connectivity index (χ4v) is 3.96. The molecule has 2 aliphatic heterocycles. The molecule has 2 aliphatic rings. The van der Waals surface area contributed by atoms with E-state index in [2.05, 4.69) is 66.4 Å². The zero-order chi connectivity index (χ0) is 14.4. The summed E-state index contributed by atoms with van der Waals surface area (Å²) in [7, 11) is 4.45. The lowest BCUT2D eigenvalue weighted by atomic mass is 9.82. The molecule has 0 radical (unpaired) electrons. The molecule has 0 fully saturated rings. The van der Waals surface area contributed by atoms with Gasteiger partial charge in [0.15, 0.2) is 0 Å². The van der Waals surface area contributed by atoms with Crippen LogP contribution in [-0.2, 0) is 13.0 Å². The maximum Gasteiger partial charge on any atom is 0.0400 e. The number of hydrogen-bond acceptors (Lipinski definition) is 2. The van der Waals surface area contributed by atoms with Crippen LogP contribution in [0, 0.1) is 0 Å². The summed E-state index contributed by atoms with van der Waals surface area (Å²) in [6.07, 6.45) is 1.20. The maximum atomic E-state index is 2.47. The molecule has 2 nitrogen and oxygen atoms in total. The van der Waals surface area contributed by atoms with Gasteiger partial charge in [0.25, 0.3) is 0 Å². The lowest BCUT2D eigenvalue weighted by Crippen LogP contribution is -2.31. The Hall–Kier alpha value is -1.80. The minimum Gasteiger partial charge on any atom is -0.374 e. The average molecular weight is 278 g/mol. The Morgan fingerprint density at radius 1 is 0.952 bits per heavy atom. The topological polar surface area (TPSA) is 6.48 Å².